The Morgan fingerprint density at radius 2 is 1.68 bits per heavy atom. The van der Waals surface area contributed by atoms with E-state index in [1.54, 1.807) is 4.90 Å². The molecule has 2 atom stereocenters. The van der Waals surface area contributed by atoms with Crippen LogP contribution in [-0.2, 0) is 20.9 Å². The quantitative estimate of drug-likeness (QED) is 0.720. The maximum atomic E-state index is 12.8. The number of nitrogens with one attached hydrogen (secondary N) is 2. The van der Waals surface area contributed by atoms with Gasteiger partial charge in [0, 0.05) is 31.1 Å². The molecule has 1 saturated heterocycles. The largest absolute Gasteiger partial charge is 0.349 e. The first kappa shape index (κ1) is 21.1. The SMILES string of the molecule is Cc1ccc(CN2C[C@@H](C(=O)N[C@H](C)c3ccc(NC(=O)C4CC4)cc3)CC2=O)cc1. The normalized spacial score (nSPS) is 19.2. The molecule has 2 aromatic carbocycles. The van der Waals surface area contributed by atoms with Crippen molar-refractivity contribution < 1.29 is 14.4 Å². The second-order valence-corrected chi connectivity index (χ2v) is 8.78. The van der Waals surface area contributed by atoms with Gasteiger partial charge in [0.05, 0.1) is 12.0 Å². The van der Waals surface area contributed by atoms with Crippen molar-refractivity contribution in [2.75, 3.05) is 11.9 Å². The molecule has 1 saturated carbocycles. The fraction of sp³-hybridized carbons (Fsp3) is 0.400. The number of aryl methyl sites for hydroxylation is 1. The van der Waals surface area contributed by atoms with Crippen molar-refractivity contribution >= 4 is 23.4 Å². The summed E-state index contributed by atoms with van der Waals surface area (Å²) in [6.07, 6.45) is 2.19. The molecule has 2 fully saturated rings. The molecule has 0 radical (unpaired) electrons. The molecule has 0 spiro atoms. The first-order valence-electron chi connectivity index (χ1n) is 10.9. The molecule has 1 aliphatic carbocycles. The topological polar surface area (TPSA) is 78.5 Å². The molecule has 3 amide bonds. The highest BCUT2D eigenvalue weighted by Crippen LogP contribution is 2.30. The number of rotatable bonds is 7. The highest BCUT2D eigenvalue weighted by atomic mass is 16.2. The Morgan fingerprint density at radius 3 is 2.32 bits per heavy atom. The van der Waals surface area contributed by atoms with Gasteiger partial charge in [0.2, 0.25) is 17.7 Å². The van der Waals surface area contributed by atoms with Crippen LogP contribution in [0.3, 0.4) is 0 Å². The van der Waals surface area contributed by atoms with E-state index in [-0.39, 0.29) is 42.0 Å². The van der Waals surface area contributed by atoms with Crippen LogP contribution < -0.4 is 10.6 Å². The Balaban J connectivity index is 1.29. The van der Waals surface area contributed by atoms with Crippen molar-refractivity contribution in [2.24, 2.45) is 11.8 Å². The molecule has 1 heterocycles. The number of anilines is 1. The lowest BCUT2D eigenvalue weighted by Gasteiger charge is -2.19. The molecular weight excluding hydrogens is 390 g/mol. The summed E-state index contributed by atoms with van der Waals surface area (Å²) in [7, 11) is 0. The van der Waals surface area contributed by atoms with E-state index < -0.39 is 0 Å². The van der Waals surface area contributed by atoms with E-state index in [2.05, 4.69) is 10.6 Å². The van der Waals surface area contributed by atoms with Gasteiger partial charge in [0.1, 0.15) is 0 Å². The van der Waals surface area contributed by atoms with Crippen LogP contribution in [0.1, 0.15) is 48.9 Å². The second kappa shape index (κ2) is 8.92. The molecular formula is C25H29N3O3. The number of likely N-dealkylation sites (tertiary alicyclic amines) is 1. The highest BCUT2D eigenvalue weighted by Gasteiger charge is 2.34. The van der Waals surface area contributed by atoms with Crippen LogP contribution in [0.4, 0.5) is 5.69 Å². The van der Waals surface area contributed by atoms with Gasteiger partial charge in [-0.1, -0.05) is 42.0 Å². The van der Waals surface area contributed by atoms with Gasteiger partial charge in [-0.3, -0.25) is 14.4 Å². The van der Waals surface area contributed by atoms with Crippen molar-refractivity contribution in [3.8, 4) is 0 Å². The highest BCUT2D eigenvalue weighted by molar-refractivity contribution is 5.94. The molecule has 0 bridgehead atoms. The van der Waals surface area contributed by atoms with E-state index in [0.29, 0.717) is 13.1 Å². The Morgan fingerprint density at radius 1 is 1.00 bits per heavy atom. The monoisotopic (exact) mass is 419 g/mol. The van der Waals surface area contributed by atoms with Crippen molar-refractivity contribution in [2.45, 2.75) is 45.7 Å². The van der Waals surface area contributed by atoms with E-state index in [1.165, 1.54) is 5.56 Å². The predicted molar refractivity (Wildman–Crippen MR) is 119 cm³/mol. The smallest absolute Gasteiger partial charge is 0.227 e. The zero-order valence-electron chi connectivity index (χ0n) is 18.1. The summed E-state index contributed by atoms with van der Waals surface area (Å²) < 4.78 is 0. The number of amides is 3. The van der Waals surface area contributed by atoms with Gasteiger partial charge in [-0.2, -0.15) is 0 Å². The molecule has 6 nitrogen and oxygen atoms in total. The second-order valence-electron chi connectivity index (χ2n) is 8.78. The van der Waals surface area contributed by atoms with Gasteiger partial charge >= 0.3 is 0 Å². The lowest BCUT2D eigenvalue weighted by molar-refractivity contribution is -0.129. The lowest BCUT2D eigenvalue weighted by atomic mass is 10.0. The molecule has 6 heteroatoms. The fourth-order valence-electron chi connectivity index (χ4n) is 3.87. The minimum Gasteiger partial charge on any atom is -0.349 e. The summed E-state index contributed by atoms with van der Waals surface area (Å²) in [5.41, 5.74) is 3.98. The molecule has 1 aliphatic heterocycles. The van der Waals surface area contributed by atoms with Gasteiger partial charge in [0.25, 0.3) is 0 Å². The standard InChI is InChI=1S/C25H29N3O3/c1-16-3-5-18(6-4-16)14-28-15-21(13-23(28)29)25(31)26-17(2)19-9-11-22(12-10-19)27-24(30)20-7-8-20/h3-6,9-12,17,20-21H,7-8,13-15H2,1-2H3,(H,26,31)(H,27,30)/t17-,21+/m1/s1. The Hall–Kier alpha value is -3.15. The number of carbonyl (C=O) groups is 3. The first-order valence-corrected chi connectivity index (χ1v) is 10.9. The summed E-state index contributed by atoms with van der Waals surface area (Å²) >= 11 is 0. The first-order chi connectivity index (χ1) is 14.9. The Kier molecular flexibility index (Phi) is 6.07. The molecule has 0 unspecified atom stereocenters. The van der Waals surface area contributed by atoms with Crippen molar-refractivity contribution in [1.29, 1.82) is 0 Å². The molecule has 0 aromatic heterocycles. The predicted octanol–water partition coefficient (Wildman–Crippen LogP) is 3.57. The van der Waals surface area contributed by atoms with Gasteiger partial charge in [-0.25, -0.2) is 0 Å². The lowest BCUT2D eigenvalue weighted by Crippen LogP contribution is -2.34. The van der Waals surface area contributed by atoms with Crippen LogP contribution in [0.2, 0.25) is 0 Å². The van der Waals surface area contributed by atoms with Crippen LogP contribution in [0.25, 0.3) is 0 Å². The summed E-state index contributed by atoms with van der Waals surface area (Å²) in [4.78, 5) is 38.8. The van der Waals surface area contributed by atoms with Crippen molar-refractivity contribution in [1.82, 2.24) is 10.2 Å². The van der Waals surface area contributed by atoms with E-state index in [9.17, 15) is 14.4 Å². The number of nitrogens with zero attached hydrogens (tertiary/aromatic N) is 1. The molecule has 4 rings (SSSR count). The zero-order chi connectivity index (χ0) is 22.0. The third-order valence-corrected chi connectivity index (χ3v) is 6.06. The molecule has 162 valence electrons. The van der Waals surface area contributed by atoms with E-state index >= 15 is 0 Å². The number of hydrogen-bond acceptors (Lipinski definition) is 3. The average molecular weight is 420 g/mol. The van der Waals surface area contributed by atoms with Crippen LogP contribution in [-0.4, -0.2) is 29.2 Å². The third kappa shape index (κ3) is 5.32. The number of hydrogen-bond donors (Lipinski definition) is 2. The van der Waals surface area contributed by atoms with Crippen molar-refractivity contribution in [3.63, 3.8) is 0 Å². The van der Waals surface area contributed by atoms with Crippen LogP contribution >= 0.6 is 0 Å². The van der Waals surface area contributed by atoms with E-state index in [1.807, 2.05) is 62.4 Å². The van der Waals surface area contributed by atoms with Gasteiger partial charge in [-0.15, -0.1) is 0 Å². The van der Waals surface area contributed by atoms with Crippen LogP contribution in [0.15, 0.2) is 48.5 Å². The zero-order valence-corrected chi connectivity index (χ0v) is 18.1. The number of benzene rings is 2. The van der Waals surface area contributed by atoms with Gasteiger partial charge < -0.3 is 15.5 Å². The van der Waals surface area contributed by atoms with Crippen molar-refractivity contribution in [3.05, 3.63) is 65.2 Å². The minimum absolute atomic E-state index is 0.0177. The molecule has 2 aliphatic rings. The number of carbonyl (C=O) groups excluding carboxylic acids is 3. The van der Waals surface area contributed by atoms with E-state index in [4.69, 9.17) is 0 Å². The fourth-order valence-corrected chi connectivity index (χ4v) is 3.87. The summed E-state index contributed by atoms with van der Waals surface area (Å²) in [5, 5.41) is 5.95. The van der Waals surface area contributed by atoms with E-state index in [0.717, 1.165) is 29.7 Å². The summed E-state index contributed by atoms with van der Waals surface area (Å²) in [5.74, 6) is -0.173. The maximum Gasteiger partial charge on any atom is 0.227 e. The maximum absolute atomic E-state index is 12.8. The molecule has 2 aromatic rings. The van der Waals surface area contributed by atoms with Crippen LogP contribution in [0, 0.1) is 18.8 Å². The summed E-state index contributed by atoms with van der Waals surface area (Å²) in [6, 6.07) is 15.5. The van der Waals surface area contributed by atoms with Gasteiger partial charge in [-0.05, 0) is 49.9 Å². The Bertz CT molecular complexity index is 965. The average Bonchev–Trinajstić information content (AvgIpc) is 3.54. The molecule has 2 N–H and O–H groups in total. The minimum atomic E-state index is -0.336. The Labute approximate surface area is 183 Å². The van der Waals surface area contributed by atoms with Crippen LogP contribution in [0.5, 0.6) is 0 Å². The van der Waals surface area contributed by atoms with Gasteiger partial charge in [0.15, 0.2) is 0 Å². The molecule has 31 heavy (non-hydrogen) atoms. The third-order valence-electron chi connectivity index (χ3n) is 6.06. The summed E-state index contributed by atoms with van der Waals surface area (Å²) in [6.45, 7) is 4.94.